The molecule has 2 aromatic rings. The largest absolute Gasteiger partial charge is 0.417 e. The average molecular weight is 492 g/mol. The Morgan fingerprint density at radius 3 is 2.28 bits per heavy atom. The van der Waals surface area contributed by atoms with Gasteiger partial charge in [-0.05, 0) is 37.3 Å². The molecule has 1 atom stereocenters. The number of sulfonamides is 1. The van der Waals surface area contributed by atoms with E-state index in [0.717, 1.165) is 12.3 Å². The van der Waals surface area contributed by atoms with Crippen molar-refractivity contribution in [2.45, 2.75) is 24.0 Å². The lowest BCUT2D eigenvalue weighted by Gasteiger charge is -2.38. The number of aromatic nitrogens is 1. The molecule has 1 amide bonds. The zero-order valence-corrected chi connectivity index (χ0v) is 18.5. The van der Waals surface area contributed by atoms with E-state index in [1.54, 1.807) is 11.8 Å². The Kier molecular flexibility index (Phi) is 6.98. The first-order valence-electron chi connectivity index (χ1n) is 9.52. The van der Waals surface area contributed by atoms with Gasteiger partial charge in [0.2, 0.25) is 15.9 Å². The lowest BCUT2D eigenvalue weighted by atomic mass is 10.2. The van der Waals surface area contributed by atoms with Crippen molar-refractivity contribution >= 4 is 39.0 Å². The van der Waals surface area contributed by atoms with E-state index in [-0.39, 0.29) is 21.6 Å². The van der Waals surface area contributed by atoms with Gasteiger partial charge in [-0.25, -0.2) is 18.5 Å². The molecule has 0 aliphatic carbocycles. The second kappa shape index (κ2) is 9.22. The van der Waals surface area contributed by atoms with Crippen molar-refractivity contribution in [2.24, 2.45) is 5.14 Å². The molecule has 0 radical (unpaired) electrons. The molecule has 32 heavy (non-hydrogen) atoms. The molecule has 174 valence electrons. The predicted molar refractivity (Wildman–Crippen MR) is 114 cm³/mol. The van der Waals surface area contributed by atoms with Crippen molar-refractivity contribution in [3.8, 4) is 0 Å². The fourth-order valence-electron chi connectivity index (χ4n) is 3.28. The van der Waals surface area contributed by atoms with E-state index >= 15 is 0 Å². The Labute approximate surface area is 188 Å². The maximum atomic E-state index is 12.8. The van der Waals surface area contributed by atoms with E-state index in [1.807, 2.05) is 4.90 Å². The van der Waals surface area contributed by atoms with Crippen LogP contribution in [0.1, 0.15) is 12.5 Å². The van der Waals surface area contributed by atoms with Gasteiger partial charge in [0.15, 0.2) is 0 Å². The smallest absolute Gasteiger partial charge is 0.353 e. The van der Waals surface area contributed by atoms with Crippen LogP contribution < -0.4 is 15.4 Å². The van der Waals surface area contributed by atoms with Crippen molar-refractivity contribution in [1.82, 2.24) is 9.88 Å². The molecule has 2 heterocycles. The number of amides is 1. The fourth-order valence-corrected chi connectivity index (χ4v) is 4.08. The summed E-state index contributed by atoms with van der Waals surface area (Å²) in [5.41, 5.74) is -0.485. The molecule has 0 bridgehead atoms. The molecule has 1 aliphatic heterocycles. The molecular formula is C19H21ClF3N5O3S. The highest BCUT2D eigenvalue weighted by Gasteiger charge is 2.33. The van der Waals surface area contributed by atoms with Crippen LogP contribution in [-0.4, -0.2) is 56.4 Å². The van der Waals surface area contributed by atoms with Crippen LogP contribution in [0.5, 0.6) is 0 Å². The number of rotatable bonds is 5. The van der Waals surface area contributed by atoms with Crippen LogP contribution in [0.2, 0.25) is 5.02 Å². The maximum absolute atomic E-state index is 12.8. The number of primary sulfonamides is 1. The summed E-state index contributed by atoms with van der Waals surface area (Å²) < 4.78 is 61.0. The molecule has 1 saturated heterocycles. The van der Waals surface area contributed by atoms with E-state index < -0.39 is 27.8 Å². The molecule has 1 aromatic heterocycles. The van der Waals surface area contributed by atoms with Gasteiger partial charge in [0, 0.05) is 38.1 Å². The number of carbonyl (C=O) groups is 1. The maximum Gasteiger partial charge on any atom is 0.417 e. The minimum Gasteiger partial charge on any atom is -0.353 e. The number of hydrogen-bond donors (Lipinski definition) is 2. The number of pyridine rings is 1. The van der Waals surface area contributed by atoms with Crippen LogP contribution in [-0.2, 0) is 21.0 Å². The first kappa shape index (κ1) is 24.2. The third kappa shape index (κ3) is 5.68. The van der Waals surface area contributed by atoms with Crippen LogP contribution in [0.25, 0.3) is 0 Å². The molecule has 13 heteroatoms. The van der Waals surface area contributed by atoms with Crippen LogP contribution in [0.4, 0.5) is 24.7 Å². The molecule has 1 aliphatic rings. The number of anilines is 2. The van der Waals surface area contributed by atoms with Gasteiger partial charge in [-0.3, -0.25) is 9.69 Å². The van der Waals surface area contributed by atoms with E-state index in [9.17, 15) is 26.4 Å². The van der Waals surface area contributed by atoms with Gasteiger partial charge < -0.3 is 10.2 Å². The minimum absolute atomic E-state index is 0.0600. The van der Waals surface area contributed by atoms with Gasteiger partial charge in [-0.15, -0.1) is 0 Å². The fraction of sp³-hybridized carbons (Fsp3) is 0.368. The number of nitrogens with zero attached hydrogens (tertiary/aromatic N) is 3. The first-order chi connectivity index (χ1) is 14.9. The normalized spacial score (nSPS) is 16.6. The number of hydrogen-bond acceptors (Lipinski definition) is 6. The van der Waals surface area contributed by atoms with Crippen molar-refractivity contribution in [3.63, 3.8) is 0 Å². The molecule has 1 fully saturated rings. The Hall–Kier alpha value is -2.41. The van der Waals surface area contributed by atoms with E-state index in [1.165, 1.54) is 24.3 Å². The lowest BCUT2D eigenvalue weighted by Crippen LogP contribution is -2.53. The van der Waals surface area contributed by atoms with Crippen molar-refractivity contribution in [3.05, 3.63) is 47.1 Å². The molecule has 3 rings (SSSR count). The number of nitrogens with two attached hydrogens (primary N) is 1. The van der Waals surface area contributed by atoms with Gasteiger partial charge in [-0.1, -0.05) is 11.6 Å². The highest BCUT2D eigenvalue weighted by Crippen LogP contribution is 2.33. The second-order valence-electron chi connectivity index (χ2n) is 7.28. The van der Waals surface area contributed by atoms with E-state index in [2.05, 4.69) is 10.3 Å². The predicted octanol–water partition coefficient (Wildman–Crippen LogP) is 2.55. The topological polar surface area (TPSA) is 109 Å². The number of carbonyl (C=O) groups excluding carboxylic acids is 1. The third-order valence-electron chi connectivity index (χ3n) is 5.14. The highest BCUT2D eigenvalue weighted by atomic mass is 35.5. The first-order valence-corrected chi connectivity index (χ1v) is 11.4. The number of nitrogens with one attached hydrogen (secondary N) is 1. The lowest BCUT2D eigenvalue weighted by molar-refractivity contribution is -0.137. The summed E-state index contributed by atoms with van der Waals surface area (Å²) in [5.74, 6) is -0.0149. The van der Waals surface area contributed by atoms with Crippen molar-refractivity contribution < 1.29 is 26.4 Å². The number of piperazine rings is 1. The van der Waals surface area contributed by atoms with Crippen LogP contribution in [0.15, 0.2) is 41.4 Å². The van der Waals surface area contributed by atoms with Crippen LogP contribution in [0.3, 0.4) is 0 Å². The summed E-state index contributed by atoms with van der Waals surface area (Å²) in [6.07, 6.45) is -3.76. The SMILES string of the molecule is C[C@@H](C(=O)Nc1ccc(S(N)(=O)=O)cc1)N1CCN(c2ncc(C(F)(F)F)cc2Cl)CC1. The number of alkyl halides is 3. The molecule has 3 N–H and O–H groups in total. The van der Waals surface area contributed by atoms with Crippen LogP contribution >= 0.6 is 11.6 Å². The summed E-state index contributed by atoms with van der Waals surface area (Å²) in [6.45, 7) is 3.53. The van der Waals surface area contributed by atoms with Crippen molar-refractivity contribution in [2.75, 3.05) is 36.4 Å². The molecular weight excluding hydrogens is 471 g/mol. The third-order valence-corrected chi connectivity index (χ3v) is 6.35. The molecule has 0 saturated carbocycles. The molecule has 8 nitrogen and oxygen atoms in total. The summed E-state index contributed by atoms with van der Waals surface area (Å²) in [4.78, 5) is 20.1. The summed E-state index contributed by atoms with van der Waals surface area (Å²) in [5, 5.41) is 7.69. The molecule has 1 aromatic carbocycles. The zero-order chi connectivity index (χ0) is 23.7. The average Bonchev–Trinajstić information content (AvgIpc) is 2.72. The monoisotopic (exact) mass is 491 g/mol. The highest BCUT2D eigenvalue weighted by molar-refractivity contribution is 7.89. The van der Waals surface area contributed by atoms with Crippen molar-refractivity contribution in [1.29, 1.82) is 0 Å². The summed E-state index contributed by atoms with van der Waals surface area (Å²) >= 11 is 6.02. The minimum atomic E-state index is -4.52. The number of benzene rings is 1. The van der Waals surface area contributed by atoms with E-state index in [0.29, 0.717) is 31.9 Å². The molecule has 0 unspecified atom stereocenters. The Balaban J connectivity index is 1.58. The van der Waals surface area contributed by atoms with Gasteiger partial charge in [0.25, 0.3) is 0 Å². The molecule has 0 spiro atoms. The van der Waals surface area contributed by atoms with E-state index in [4.69, 9.17) is 16.7 Å². The number of halogens is 4. The zero-order valence-electron chi connectivity index (χ0n) is 16.9. The Morgan fingerprint density at radius 1 is 1.19 bits per heavy atom. The van der Waals surface area contributed by atoms with Gasteiger partial charge in [-0.2, -0.15) is 13.2 Å². The quantitative estimate of drug-likeness (QED) is 0.665. The van der Waals surface area contributed by atoms with Gasteiger partial charge in [0.05, 0.1) is 21.5 Å². The van der Waals surface area contributed by atoms with Gasteiger partial charge in [0.1, 0.15) is 5.82 Å². The van der Waals surface area contributed by atoms with Gasteiger partial charge >= 0.3 is 6.18 Å². The summed E-state index contributed by atoms with van der Waals surface area (Å²) in [6, 6.07) is 5.85. The Bertz CT molecular complexity index is 1090. The summed E-state index contributed by atoms with van der Waals surface area (Å²) in [7, 11) is -3.82. The second-order valence-corrected chi connectivity index (χ2v) is 9.25. The Morgan fingerprint density at radius 2 is 1.78 bits per heavy atom. The van der Waals surface area contributed by atoms with Crippen LogP contribution in [0, 0.1) is 0 Å². The standard InChI is InChI=1S/C19H21ClF3N5O3S/c1-12(18(29)26-14-2-4-15(5-3-14)32(24,30)31)27-6-8-28(9-7-27)17-16(20)10-13(11-25-17)19(21,22)23/h2-5,10-12H,6-9H2,1H3,(H,26,29)(H2,24,30,31)/t12-/m0/s1.